The summed E-state index contributed by atoms with van der Waals surface area (Å²) in [6.45, 7) is 7.90. The molecule has 0 saturated heterocycles. The van der Waals surface area contributed by atoms with Gasteiger partial charge in [0.15, 0.2) is 0 Å². The Bertz CT molecular complexity index is 1100. The van der Waals surface area contributed by atoms with Gasteiger partial charge in [0.1, 0.15) is 23.2 Å². The van der Waals surface area contributed by atoms with Crippen molar-refractivity contribution in [3.8, 4) is 17.4 Å². The topological polar surface area (TPSA) is 83.3 Å². The Hall–Kier alpha value is -3.52. The molecule has 5 nitrogen and oxygen atoms in total. The zero-order chi connectivity index (χ0) is 20.3. The van der Waals surface area contributed by atoms with Crippen molar-refractivity contribution in [2.45, 2.75) is 20.8 Å². The molecule has 0 aliphatic heterocycles. The lowest BCUT2D eigenvalue weighted by molar-refractivity contribution is -0.114. The number of nitrogens with zero attached hydrogens (tertiary/aromatic N) is 2. The van der Waals surface area contributed by atoms with Crippen LogP contribution in [-0.4, -0.2) is 19.0 Å². The Morgan fingerprint density at radius 3 is 2.39 bits per heavy atom. The normalized spacial score (nSPS) is 11.8. The van der Waals surface area contributed by atoms with Crippen LogP contribution >= 0.6 is 0 Å². The molecule has 0 aliphatic carbocycles. The third-order valence-corrected chi connectivity index (χ3v) is 4.95. The summed E-state index contributed by atoms with van der Waals surface area (Å²) in [6, 6.07) is 18.0. The predicted molar refractivity (Wildman–Crippen MR) is 113 cm³/mol. The van der Waals surface area contributed by atoms with Crippen molar-refractivity contribution in [3.63, 3.8) is 0 Å². The van der Waals surface area contributed by atoms with E-state index >= 15 is 0 Å². The first-order chi connectivity index (χ1) is 13.5. The van der Waals surface area contributed by atoms with Crippen LogP contribution in [0.1, 0.15) is 26.5 Å². The lowest BCUT2D eigenvalue weighted by Crippen LogP contribution is -2.21. The predicted octanol–water partition coefficient (Wildman–Crippen LogP) is 4.73. The van der Waals surface area contributed by atoms with Gasteiger partial charge in [-0.15, -0.1) is 0 Å². The van der Waals surface area contributed by atoms with Gasteiger partial charge in [-0.05, 0) is 61.9 Å². The van der Waals surface area contributed by atoms with E-state index < -0.39 is 5.91 Å². The molecule has 3 aromatic rings. The molecule has 0 atom stereocenters. The number of furan rings is 1. The summed E-state index contributed by atoms with van der Waals surface area (Å²) in [5.41, 5.74) is 7.74. The van der Waals surface area contributed by atoms with Crippen molar-refractivity contribution in [2.75, 3.05) is 18.0 Å². The van der Waals surface area contributed by atoms with Crippen LogP contribution in [0.2, 0.25) is 0 Å². The molecule has 0 aliphatic rings. The summed E-state index contributed by atoms with van der Waals surface area (Å²) in [7, 11) is 0. The molecule has 5 heteroatoms. The summed E-state index contributed by atoms with van der Waals surface area (Å²) in [5.74, 6) is 0.376. The van der Waals surface area contributed by atoms with Crippen LogP contribution in [0.25, 0.3) is 27.7 Å². The highest BCUT2D eigenvalue weighted by molar-refractivity contribution is 6.03. The molecular formula is C23H23N3O2. The third-order valence-electron chi connectivity index (χ3n) is 4.95. The molecule has 1 aromatic heterocycles. The Labute approximate surface area is 164 Å². The first-order valence-corrected chi connectivity index (χ1v) is 9.28. The van der Waals surface area contributed by atoms with E-state index in [0.717, 1.165) is 29.4 Å². The summed E-state index contributed by atoms with van der Waals surface area (Å²) >= 11 is 0. The zero-order valence-corrected chi connectivity index (χ0v) is 16.3. The highest BCUT2D eigenvalue weighted by Gasteiger charge is 2.14. The van der Waals surface area contributed by atoms with E-state index in [1.54, 1.807) is 13.0 Å². The maximum absolute atomic E-state index is 11.4. The van der Waals surface area contributed by atoms with E-state index in [9.17, 15) is 4.79 Å². The minimum absolute atomic E-state index is 0.0941. The number of carbonyl (C=O) groups is 1. The highest BCUT2D eigenvalue weighted by Crippen LogP contribution is 2.30. The molecule has 0 bridgehead atoms. The van der Waals surface area contributed by atoms with Gasteiger partial charge in [-0.3, -0.25) is 4.79 Å². The second kappa shape index (κ2) is 8.01. The number of hydrogen-bond donors (Lipinski definition) is 1. The molecular weight excluding hydrogens is 350 g/mol. The van der Waals surface area contributed by atoms with Crippen LogP contribution in [0.15, 0.2) is 58.5 Å². The van der Waals surface area contributed by atoms with Crippen LogP contribution in [0.5, 0.6) is 0 Å². The number of rotatable bonds is 6. The summed E-state index contributed by atoms with van der Waals surface area (Å²) < 4.78 is 5.89. The molecule has 2 N–H and O–H groups in total. The fourth-order valence-corrected chi connectivity index (χ4v) is 3.31. The summed E-state index contributed by atoms with van der Waals surface area (Å²) in [6.07, 6.45) is 0. The largest absolute Gasteiger partial charge is 0.456 e. The molecule has 3 rings (SSSR count). The van der Waals surface area contributed by atoms with Gasteiger partial charge in [0.2, 0.25) is 0 Å². The number of anilines is 1. The van der Waals surface area contributed by atoms with Crippen LogP contribution < -0.4 is 10.6 Å². The van der Waals surface area contributed by atoms with E-state index in [-0.39, 0.29) is 5.57 Å². The standard InChI is InChI=1S/C23H23N3O2/c1-4-26(5-2)19-9-8-16-12-18(7-6-17(16)13-19)22-11-10-21(28-22)15(3)20(14-24)23(25)27/h6-13H,4-5H2,1-3H3,(H2,25,27)/b20-15+. The lowest BCUT2D eigenvalue weighted by Gasteiger charge is -2.21. The lowest BCUT2D eigenvalue weighted by atomic mass is 10.0. The summed E-state index contributed by atoms with van der Waals surface area (Å²) in [4.78, 5) is 13.7. The molecule has 0 spiro atoms. The second-order valence-corrected chi connectivity index (χ2v) is 6.56. The van der Waals surface area contributed by atoms with Gasteiger partial charge in [0.25, 0.3) is 5.91 Å². The third kappa shape index (κ3) is 3.63. The van der Waals surface area contributed by atoms with Gasteiger partial charge in [-0.2, -0.15) is 5.26 Å². The smallest absolute Gasteiger partial charge is 0.259 e. The van der Waals surface area contributed by atoms with Crippen molar-refractivity contribution < 1.29 is 9.21 Å². The van der Waals surface area contributed by atoms with Crippen LogP contribution in [0.4, 0.5) is 5.69 Å². The number of primary amides is 1. The Balaban J connectivity index is 1.97. The van der Waals surface area contributed by atoms with Crippen LogP contribution in [0.3, 0.4) is 0 Å². The van der Waals surface area contributed by atoms with Crippen molar-refractivity contribution in [2.24, 2.45) is 5.73 Å². The van der Waals surface area contributed by atoms with Gasteiger partial charge in [0.05, 0.1) is 0 Å². The van der Waals surface area contributed by atoms with Crippen molar-refractivity contribution in [1.29, 1.82) is 5.26 Å². The van der Waals surface area contributed by atoms with Gasteiger partial charge in [-0.25, -0.2) is 0 Å². The van der Waals surface area contributed by atoms with Crippen molar-refractivity contribution in [1.82, 2.24) is 0 Å². The molecule has 0 saturated carbocycles. The van der Waals surface area contributed by atoms with Crippen molar-refractivity contribution in [3.05, 3.63) is 59.9 Å². The van der Waals surface area contributed by atoms with E-state index in [1.807, 2.05) is 18.2 Å². The fourth-order valence-electron chi connectivity index (χ4n) is 3.31. The Kier molecular flexibility index (Phi) is 5.51. The number of benzene rings is 2. The number of carbonyl (C=O) groups excluding carboxylic acids is 1. The van der Waals surface area contributed by atoms with Crippen LogP contribution in [-0.2, 0) is 4.79 Å². The van der Waals surface area contributed by atoms with Gasteiger partial charge in [0, 0.05) is 29.9 Å². The van der Waals surface area contributed by atoms with Gasteiger partial charge in [-0.1, -0.05) is 18.2 Å². The Morgan fingerprint density at radius 1 is 1.07 bits per heavy atom. The monoisotopic (exact) mass is 373 g/mol. The SMILES string of the molecule is CCN(CC)c1ccc2cc(-c3ccc(/C(C)=C(\C#N)C(N)=O)o3)ccc2c1. The summed E-state index contributed by atoms with van der Waals surface area (Å²) in [5, 5.41) is 11.4. The molecule has 0 unspecified atom stereocenters. The number of nitrogens with two attached hydrogens (primary N) is 1. The minimum atomic E-state index is -0.757. The molecule has 1 heterocycles. The highest BCUT2D eigenvalue weighted by atomic mass is 16.3. The maximum Gasteiger partial charge on any atom is 0.259 e. The molecule has 1 amide bonds. The average Bonchev–Trinajstić information content (AvgIpc) is 3.19. The second-order valence-electron chi connectivity index (χ2n) is 6.56. The minimum Gasteiger partial charge on any atom is -0.456 e. The maximum atomic E-state index is 11.4. The first-order valence-electron chi connectivity index (χ1n) is 9.28. The van der Waals surface area contributed by atoms with E-state index in [2.05, 4.69) is 49.1 Å². The average molecular weight is 373 g/mol. The number of nitriles is 1. The van der Waals surface area contributed by atoms with E-state index in [1.165, 1.54) is 5.69 Å². The number of allylic oxidation sites excluding steroid dienone is 1. The molecule has 28 heavy (non-hydrogen) atoms. The quantitative estimate of drug-likeness (QED) is 0.500. The van der Waals surface area contributed by atoms with Crippen molar-refractivity contribution >= 4 is 27.9 Å². The zero-order valence-electron chi connectivity index (χ0n) is 16.3. The van der Waals surface area contributed by atoms with Gasteiger partial charge >= 0.3 is 0 Å². The van der Waals surface area contributed by atoms with E-state index in [0.29, 0.717) is 17.1 Å². The number of amides is 1. The Morgan fingerprint density at radius 2 is 1.75 bits per heavy atom. The fraction of sp³-hybridized carbons (Fsp3) is 0.217. The number of fused-ring (bicyclic) bond motifs is 1. The molecule has 142 valence electrons. The van der Waals surface area contributed by atoms with E-state index in [4.69, 9.17) is 15.4 Å². The van der Waals surface area contributed by atoms with Gasteiger partial charge < -0.3 is 15.1 Å². The first kappa shape index (κ1) is 19.2. The molecule has 2 aromatic carbocycles. The molecule has 0 fully saturated rings. The van der Waals surface area contributed by atoms with Crippen LogP contribution in [0, 0.1) is 11.3 Å². The number of hydrogen-bond acceptors (Lipinski definition) is 4. The molecule has 0 radical (unpaired) electrons.